The van der Waals surface area contributed by atoms with Crippen LogP contribution in [0.2, 0.25) is 0 Å². The lowest BCUT2D eigenvalue weighted by molar-refractivity contribution is 0.310. The summed E-state index contributed by atoms with van der Waals surface area (Å²) in [6, 6.07) is 0.424. The molecule has 0 aromatic rings. The molecular weight excluding hydrogens is 172 g/mol. The van der Waals surface area contributed by atoms with Crippen LogP contribution in [-0.2, 0) is 0 Å². The minimum atomic E-state index is 0.424. The zero-order valence-electron chi connectivity index (χ0n) is 10.00. The molecule has 0 radical (unpaired) electrons. The SMILES string of the molecule is CCC(N)CCCN1CC(C)C(C)C1. The molecule has 0 bridgehead atoms. The molecule has 1 fully saturated rings. The minimum Gasteiger partial charge on any atom is -0.328 e. The van der Waals surface area contributed by atoms with Gasteiger partial charge in [-0.3, -0.25) is 0 Å². The van der Waals surface area contributed by atoms with Gasteiger partial charge in [0, 0.05) is 19.1 Å². The first-order valence-corrected chi connectivity index (χ1v) is 6.11. The Morgan fingerprint density at radius 2 is 1.86 bits per heavy atom. The van der Waals surface area contributed by atoms with Crippen LogP contribution in [0.5, 0.6) is 0 Å². The van der Waals surface area contributed by atoms with Crippen molar-refractivity contribution in [1.29, 1.82) is 0 Å². The Balaban J connectivity index is 2.08. The summed E-state index contributed by atoms with van der Waals surface area (Å²) in [6.45, 7) is 10.7. The lowest BCUT2D eigenvalue weighted by Crippen LogP contribution is -2.25. The monoisotopic (exact) mass is 198 g/mol. The molecule has 2 nitrogen and oxygen atoms in total. The first kappa shape index (κ1) is 12.0. The Morgan fingerprint density at radius 3 is 2.36 bits per heavy atom. The second-order valence-corrected chi connectivity index (χ2v) is 5.02. The lowest BCUT2D eigenvalue weighted by Gasteiger charge is -2.16. The van der Waals surface area contributed by atoms with Crippen molar-refractivity contribution >= 4 is 0 Å². The van der Waals surface area contributed by atoms with Crippen LogP contribution in [0.15, 0.2) is 0 Å². The molecule has 1 heterocycles. The molecule has 0 aliphatic carbocycles. The summed E-state index contributed by atoms with van der Waals surface area (Å²) in [5, 5.41) is 0. The fourth-order valence-electron chi connectivity index (χ4n) is 2.21. The van der Waals surface area contributed by atoms with Gasteiger partial charge in [-0.1, -0.05) is 20.8 Å². The van der Waals surface area contributed by atoms with Crippen LogP contribution in [0.3, 0.4) is 0 Å². The van der Waals surface area contributed by atoms with Gasteiger partial charge in [0.1, 0.15) is 0 Å². The molecule has 1 saturated heterocycles. The van der Waals surface area contributed by atoms with Crippen molar-refractivity contribution in [2.24, 2.45) is 17.6 Å². The molecule has 0 aromatic heterocycles. The van der Waals surface area contributed by atoms with E-state index in [1.807, 2.05) is 0 Å². The van der Waals surface area contributed by atoms with E-state index in [-0.39, 0.29) is 0 Å². The number of likely N-dealkylation sites (tertiary alicyclic amines) is 1. The Labute approximate surface area is 88.8 Å². The second kappa shape index (κ2) is 5.72. The standard InChI is InChI=1S/C12H26N2/c1-4-12(13)6-5-7-14-8-10(2)11(3)9-14/h10-12H,4-9,13H2,1-3H3. The number of rotatable bonds is 5. The number of hydrogen-bond acceptors (Lipinski definition) is 2. The third kappa shape index (κ3) is 3.58. The van der Waals surface area contributed by atoms with Crippen molar-refractivity contribution in [2.45, 2.75) is 46.1 Å². The van der Waals surface area contributed by atoms with Crippen LogP contribution in [0.1, 0.15) is 40.0 Å². The maximum Gasteiger partial charge on any atom is 0.00366 e. The van der Waals surface area contributed by atoms with Gasteiger partial charge in [-0.05, 0) is 37.6 Å². The highest BCUT2D eigenvalue weighted by Crippen LogP contribution is 2.22. The number of nitrogens with two attached hydrogens (primary N) is 1. The van der Waals surface area contributed by atoms with Crippen LogP contribution in [0.25, 0.3) is 0 Å². The zero-order valence-corrected chi connectivity index (χ0v) is 10.00. The zero-order chi connectivity index (χ0) is 10.6. The highest BCUT2D eigenvalue weighted by atomic mass is 15.1. The maximum absolute atomic E-state index is 5.89. The van der Waals surface area contributed by atoms with Crippen molar-refractivity contribution in [3.8, 4) is 0 Å². The second-order valence-electron chi connectivity index (χ2n) is 5.02. The van der Waals surface area contributed by atoms with Crippen LogP contribution in [0, 0.1) is 11.8 Å². The van der Waals surface area contributed by atoms with Gasteiger partial charge in [0.05, 0.1) is 0 Å². The van der Waals surface area contributed by atoms with E-state index < -0.39 is 0 Å². The molecule has 2 N–H and O–H groups in total. The molecule has 1 rings (SSSR count). The van der Waals surface area contributed by atoms with E-state index in [1.165, 1.54) is 32.5 Å². The smallest absolute Gasteiger partial charge is 0.00366 e. The van der Waals surface area contributed by atoms with Gasteiger partial charge in [-0.25, -0.2) is 0 Å². The predicted octanol–water partition coefficient (Wildman–Crippen LogP) is 2.09. The van der Waals surface area contributed by atoms with Gasteiger partial charge < -0.3 is 10.6 Å². The fraction of sp³-hybridized carbons (Fsp3) is 1.00. The molecule has 1 aliphatic heterocycles. The Bertz CT molecular complexity index is 148. The number of nitrogens with zero attached hydrogens (tertiary/aromatic N) is 1. The average Bonchev–Trinajstić information content (AvgIpc) is 2.46. The first-order valence-electron chi connectivity index (χ1n) is 6.11. The largest absolute Gasteiger partial charge is 0.328 e. The van der Waals surface area contributed by atoms with Crippen LogP contribution in [0.4, 0.5) is 0 Å². The molecule has 84 valence electrons. The fourth-order valence-corrected chi connectivity index (χ4v) is 2.21. The Kier molecular flexibility index (Phi) is 4.90. The summed E-state index contributed by atoms with van der Waals surface area (Å²) >= 11 is 0. The molecule has 3 atom stereocenters. The van der Waals surface area contributed by atoms with E-state index in [9.17, 15) is 0 Å². The van der Waals surface area contributed by atoms with Crippen LogP contribution < -0.4 is 5.73 Å². The molecular formula is C12H26N2. The highest BCUT2D eigenvalue weighted by molar-refractivity contribution is 4.78. The van der Waals surface area contributed by atoms with Crippen molar-refractivity contribution in [3.63, 3.8) is 0 Å². The molecule has 0 spiro atoms. The van der Waals surface area contributed by atoms with E-state index in [0.717, 1.165) is 18.3 Å². The summed E-state index contributed by atoms with van der Waals surface area (Å²) in [7, 11) is 0. The molecule has 0 saturated carbocycles. The van der Waals surface area contributed by atoms with Gasteiger partial charge in [0.15, 0.2) is 0 Å². The topological polar surface area (TPSA) is 29.3 Å². The van der Waals surface area contributed by atoms with Crippen molar-refractivity contribution in [3.05, 3.63) is 0 Å². The summed E-state index contributed by atoms with van der Waals surface area (Å²) in [5.74, 6) is 1.77. The van der Waals surface area contributed by atoms with E-state index in [4.69, 9.17) is 5.73 Å². The first-order chi connectivity index (χ1) is 6.63. The number of hydrogen-bond donors (Lipinski definition) is 1. The quantitative estimate of drug-likeness (QED) is 0.733. The molecule has 3 unspecified atom stereocenters. The summed E-state index contributed by atoms with van der Waals surface area (Å²) in [4.78, 5) is 2.59. The summed E-state index contributed by atoms with van der Waals surface area (Å²) in [6.07, 6.45) is 3.58. The Morgan fingerprint density at radius 1 is 1.29 bits per heavy atom. The van der Waals surface area contributed by atoms with Crippen molar-refractivity contribution in [2.75, 3.05) is 19.6 Å². The van der Waals surface area contributed by atoms with Crippen LogP contribution >= 0.6 is 0 Å². The van der Waals surface area contributed by atoms with Crippen molar-refractivity contribution in [1.82, 2.24) is 4.90 Å². The van der Waals surface area contributed by atoms with Crippen molar-refractivity contribution < 1.29 is 0 Å². The van der Waals surface area contributed by atoms with Gasteiger partial charge in [-0.15, -0.1) is 0 Å². The molecule has 1 aliphatic rings. The third-order valence-corrected chi connectivity index (χ3v) is 3.64. The third-order valence-electron chi connectivity index (χ3n) is 3.64. The molecule has 2 heteroatoms. The van der Waals surface area contributed by atoms with E-state index in [2.05, 4.69) is 25.7 Å². The van der Waals surface area contributed by atoms with E-state index in [1.54, 1.807) is 0 Å². The summed E-state index contributed by atoms with van der Waals surface area (Å²) < 4.78 is 0. The molecule has 14 heavy (non-hydrogen) atoms. The van der Waals surface area contributed by atoms with Gasteiger partial charge >= 0.3 is 0 Å². The van der Waals surface area contributed by atoms with E-state index in [0.29, 0.717) is 6.04 Å². The summed E-state index contributed by atoms with van der Waals surface area (Å²) in [5.41, 5.74) is 5.89. The molecule has 0 aromatic carbocycles. The minimum absolute atomic E-state index is 0.424. The lowest BCUT2D eigenvalue weighted by atomic mass is 10.0. The van der Waals surface area contributed by atoms with Gasteiger partial charge in [-0.2, -0.15) is 0 Å². The predicted molar refractivity (Wildman–Crippen MR) is 62.3 cm³/mol. The van der Waals surface area contributed by atoms with E-state index >= 15 is 0 Å². The maximum atomic E-state index is 5.89. The van der Waals surface area contributed by atoms with Gasteiger partial charge in [0.2, 0.25) is 0 Å². The van der Waals surface area contributed by atoms with Crippen LogP contribution in [-0.4, -0.2) is 30.6 Å². The average molecular weight is 198 g/mol. The normalized spacial score (nSPS) is 30.9. The van der Waals surface area contributed by atoms with Gasteiger partial charge in [0.25, 0.3) is 0 Å². The molecule has 0 amide bonds. The Hall–Kier alpha value is -0.0800. The highest BCUT2D eigenvalue weighted by Gasteiger charge is 2.25.